The molecule has 2 unspecified atom stereocenters. The van der Waals surface area contributed by atoms with Crippen LogP contribution in [0.4, 0.5) is 5.69 Å². The van der Waals surface area contributed by atoms with Gasteiger partial charge in [-0.2, -0.15) is 0 Å². The highest BCUT2D eigenvalue weighted by Gasteiger charge is 2.24. The van der Waals surface area contributed by atoms with Crippen LogP contribution < -0.4 is 10.6 Å². The van der Waals surface area contributed by atoms with Crippen LogP contribution in [-0.4, -0.2) is 23.5 Å². The molecule has 0 saturated carbocycles. The number of nitrogens with zero attached hydrogens (tertiary/aromatic N) is 1. The van der Waals surface area contributed by atoms with Crippen LogP contribution in [0.25, 0.3) is 11.3 Å². The Bertz CT molecular complexity index is 592. The second-order valence-corrected chi connectivity index (χ2v) is 5.51. The normalized spacial score (nSPS) is 22.0. The SMILES string of the molecule is CC1CC(C(=O)Nc2ccc(-c3cnco3)cc2)CCN1. The lowest BCUT2D eigenvalue weighted by atomic mass is 9.92. The number of carbonyl (C=O) groups is 1. The van der Waals surface area contributed by atoms with Crippen LogP contribution in [-0.2, 0) is 4.79 Å². The molecule has 1 fully saturated rings. The third-order valence-corrected chi connectivity index (χ3v) is 3.86. The number of rotatable bonds is 3. The monoisotopic (exact) mass is 285 g/mol. The second-order valence-electron chi connectivity index (χ2n) is 5.51. The summed E-state index contributed by atoms with van der Waals surface area (Å²) in [5.74, 6) is 0.922. The van der Waals surface area contributed by atoms with Gasteiger partial charge in [0.15, 0.2) is 12.2 Å². The molecule has 1 saturated heterocycles. The van der Waals surface area contributed by atoms with Crippen LogP contribution in [0.3, 0.4) is 0 Å². The van der Waals surface area contributed by atoms with Crippen molar-refractivity contribution < 1.29 is 9.21 Å². The van der Waals surface area contributed by atoms with Crippen molar-refractivity contribution in [1.82, 2.24) is 10.3 Å². The van der Waals surface area contributed by atoms with Crippen molar-refractivity contribution in [3.63, 3.8) is 0 Å². The molecule has 2 N–H and O–H groups in total. The Morgan fingerprint density at radius 3 is 2.86 bits per heavy atom. The quantitative estimate of drug-likeness (QED) is 0.910. The maximum absolute atomic E-state index is 12.3. The molecule has 0 spiro atoms. The molecule has 1 aromatic carbocycles. The number of hydrogen-bond donors (Lipinski definition) is 2. The van der Waals surface area contributed by atoms with Crippen molar-refractivity contribution in [2.45, 2.75) is 25.8 Å². The first-order valence-corrected chi connectivity index (χ1v) is 7.25. The first-order valence-electron chi connectivity index (χ1n) is 7.25. The van der Waals surface area contributed by atoms with E-state index in [-0.39, 0.29) is 11.8 Å². The second kappa shape index (κ2) is 6.10. The van der Waals surface area contributed by atoms with E-state index in [4.69, 9.17) is 4.42 Å². The minimum absolute atomic E-state index is 0.0928. The highest BCUT2D eigenvalue weighted by atomic mass is 16.3. The van der Waals surface area contributed by atoms with E-state index >= 15 is 0 Å². The zero-order valence-electron chi connectivity index (χ0n) is 12.0. The van der Waals surface area contributed by atoms with Crippen molar-refractivity contribution in [2.24, 2.45) is 5.92 Å². The number of nitrogens with one attached hydrogen (secondary N) is 2. The fraction of sp³-hybridized carbons (Fsp3) is 0.375. The summed E-state index contributed by atoms with van der Waals surface area (Å²) in [6.07, 6.45) is 4.86. The van der Waals surface area contributed by atoms with Gasteiger partial charge in [-0.25, -0.2) is 4.98 Å². The van der Waals surface area contributed by atoms with Gasteiger partial charge in [-0.05, 0) is 50.6 Å². The van der Waals surface area contributed by atoms with Gasteiger partial charge in [0.1, 0.15) is 0 Å². The Labute approximate surface area is 123 Å². The molecule has 1 aliphatic rings. The maximum atomic E-state index is 12.3. The van der Waals surface area contributed by atoms with Gasteiger partial charge >= 0.3 is 0 Å². The van der Waals surface area contributed by atoms with Crippen LogP contribution in [0, 0.1) is 5.92 Å². The molecule has 2 aromatic rings. The molecule has 21 heavy (non-hydrogen) atoms. The predicted octanol–water partition coefficient (Wildman–Crippen LogP) is 2.67. The molecule has 0 aliphatic carbocycles. The Hall–Kier alpha value is -2.14. The summed E-state index contributed by atoms with van der Waals surface area (Å²) in [4.78, 5) is 16.2. The predicted molar refractivity (Wildman–Crippen MR) is 80.8 cm³/mol. The van der Waals surface area contributed by atoms with Crippen LogP contribution in [0.5, 0.6) is 0 Å². The minimum atomic E-state index is 0.0928. The van der Waals surface area contributed by atoms with E-state index in [2.05, 4.69) is 22.5 Å². The summed E-state index contributed by atoms with van der Waals surface area (Å²) in [5, 5.41) is 6.35. The molecule has 1 aliphatic heterocycles. The van der Waals surface area contributed by atoms with Crippen LogP contribution in [0.15, 0.2) is 41.3 Å². The molecule has 5 nitrogen and oxygen atoms in total. The molecule has 2 atom stereocenters. The van der Waals surface area contributed by atoms with Gasteiger partial charge in [-0.15, -0.1) is 0 Å². The van der Waals surface area contributed by atoms with Gasteiger partial charge in [-0.3, -0.25) is 4.79 Å². The molecular weight excluding hydrogens is 266 g/mol. The minimum Gasteiger partial charge on any atom is -0.444 e. The van der Waals surface area contributed by atoms with Crippen molar-refractivity contribution in [3.05, 3.63) is 36.9 Å². The summed E-state index contributed by atoms with van der Waals surface area (Å²) in [6, 6.07) is 8.02. The summed E-state index contributed by atoms with van der Waals surface area (Å²) in [5.41, 5.74) is 1.76. The van der Waals surface area contributed by atoms with Crippen LogP contribution in [0.1, 0.15) is 19.8 Å². The molecular formula is C16H19N3O2. The van der Waals surface area contributed by atoms with Gasteiger partial charge < -0.3 is 15.1 Å². The van der Waals surface area contributed by atoms with E-state index in [9.17, 15) is 4.79 Å². The first-order chi connectivity index (χ1) is 10.2. The van der Waals surface area contributed by atoms with Crippen molar-refractivity contribution >= 4 is 11.6 Å². The van der Waals surface area contributed by atoms with Gasteiger partial charge in [0.05, 0.1) is 6.20 Å². The van der Waals surface area contributed by atoms with E-state index < -0.39 is 0 Å². The Morgan fingerprint density at radius 1 is 1.38 bits per heavy atom. The van der Waals surface area contributed by atoms with E-state index in [0.717, 1.165) is 36.4 Å². The van der Waals surface area contributed by atoms with Crippen LogP contribution in [0.2, 0.25) is 0 Å². The number of hydrogen-bond acceptors (Lipinski definition) is 4. The largest absolute Gasteiger partial charge is 0.444 e. The Morgan fingerprint density at radius 2 is 2.19 bits per heavy atom. The number of benzene rings is 1. The average molecular weight is 285 g/mol. The van der Waals surface area contributed by atoms with E-state index in [0.29, 0.717) is 6.04 Å². The fourth-order valence-electron chi connectivity index (χ4n) is 2.69. The lowest BCUT2D eigenvalue weighted by Crippen LogP contribution is -2.40. The smallest absolute Gasteiger partial charge is 0.227 e. The number of amides is 1. The number of aromatic nitrogens is 1. The Balaban J connectivity index is 1.63. The summed E-state index contributed by atoms with van der Waals surface area (Å²) >= 11 is 0. The van der Waals surface area contributed by atoms with Crippen molar-refractivity contribution in [2.75, 3.05) is 11.9 Å². The highest BCUT2D eigenvalue weighted by Crippen LogP contribution is 2.22. The number of anilines is 1. The molecule has 110 valence electrons. The zero-order chi connectivity index (χ0) is 14.7. The molecule has 2 heterocycles. The maximum Gasteiger partial charge on any atom is 0.227 e. The van der Waals surface area contributed by atoms with E-state index in [1.165, 1.54) is 6.39 Å². The number of oxazole rings is 1. The van der Waals surface area contributed by atoms with Gasteiger partial charge in [0.25, 0.3) is 0 Å². The lowest BCUT2D eigenvalue weighted by molar-refractivity contribution is -0.120. The lowest BCUT2D eigenvalue weighted by Gasteiger charge is -2.27. The topological polar surface area (TPSA) is 67.2 Å². The zero-order valence-corrected chi connectivity index (χ0v) is 12.0. The van der Waals surface area contributed by atoms with Gasteiger partial charge in [0, 0.05) is 23.2 Å². The molecule has 1 aromatic heterocycles. The standard InChI is InChI=1S/C16H19N3O2/c1-11-8-13(6-7-18-11)16(20)19-14-4-2-12(3-5-14)15-9-17-10-21-15/h2-5,9-11,13,18H,6-8H2,1H3,(H,19,20). The molecule has 0 radical (unpaired) electrons. The molecule has 3 rings (SSSR count). The number of carbonyl (C=O) groups excluding carboxylic acids is 1. The summed E-state index contributed by atoms with van der Waals surface area (Å²) in [7, 11) is 0. The van der Waals surface area contributed by atoms with Crippen LogP contribution >= 0.6 is 0 Å². The van der Waals surface area contributed by atoms with Crippen molar-refractivity contribution in [3.8, 4) is 11.3 Å². The van der Waals surface area contributed by atoms with Crippen molar-refractivity contribution in [1.29, 1.82) is 0 Å². The van der Waals surface area contributed by atoms with Gasteiger partial charge in [-0.1, -0.05) is 0 Å². The number of piperidine rings is 1. The average Bonchev–Trinajstić information content (AvgIpc) is 3.02. The third kappa shape index (κ3) is 3.31. The summed E-state index contributed by atoms with van der Waals surface area (Å²) in [6.45, 7) is 3.02. The van der Waals surface area contributed by atoms with E-state index in [1.807, 2.05) is 24.3 Å². The fourth-order valence-corrected chi connectivity index (χ4v) is 2.69. The molecule has 0 bridgehead atoms. The molecule has 5 heteroatoms. The van der Waals surface area contributed by atoms with Gasteiger partial charge in [0.2, 0.25) is 5.91 Å². The third-order valence-electron chi connectivity index (χ3n) is 3.86. The summed E-state index contributed by atoms with van der Waals surface area (Å²) < 4.78 is 5.24. The van der Waals surface area contributed by atoms with E-state index in [1.54, 1.807) is 6.20 Å². The molecule has 1 amide bonds. The first kappa shape index (κ1) is 13.8. The highest BCUT2D eigenvalue weighted by molar-refractivity contribution is 5.92. The Kier molecular flexibility index (Phi) is 4.01.